The molecule has 0 aliphatic rings. The number of benzene rings is 1. The van der Waals surface area contributed by atoms with Crippen LogP contribution in [0.5, 0.6) is 0 Å². The number of aliphatic hydroxyl groups is 1. The molecule has 0 spiro atoms. The summed E-state index contributed by atoms with van der Waals surface area (Å²) in [6.07, 6.45) is 0. The second kappa shape index (κ2) is 5.25. The molecule has 0 amide bonds. The molecule has 0 atom stereocenters. The molecule has 0 unspecified atom stereocenters. The molecule has 0 aromatic heterocycles. The van der Waals surface area contributed by atoms with Crippen molar-refractivity contribution in [2.24, 2.45) is 0 Å². The molecule has 4 nitrogen and oxygen atoms in total. The molecule has 0 bridgehead atoms. The quantitative estimate of drug-likeness (QED) is 0.718. The van der Waals surface area contributed by atoms with Crippen LogP contribution in [0.15, 0.2) is 24.3 Å². The number of nitrogens with one attached hydrogen (secondary N) is 1. The van der Waals surface area contributed by atoms with Crippen molar-refractivity contribution in [2.45, 2.75) is 12.7 Å². The lowest BCUT2D eigenvalue weighted by atomic mass is 10.2. The van der Waals surface area contributed by atoms with Gasteiger partial charge in [0.2, 0.25) is 0 Å². The second-order valence-corrected chi connectivity index (χ2v) is 5.49. The van der Waals surface area contributed by atoms with E-state index in [1.807, 2.05) is 19.1 Å². The molecule has 0 aliphatic carbocycles. The minimum atomic E-state index is -3.18. The van der Waals surface area contributed by atoms with Gasteiger partial charge < -0.3 is 5.11 Å². The molecule has 2 N–H and O–H groups in total. The van der Waals surface area contributed by atoms with Gasteiger partial charge in [-0.1, -0.05) is 29.8 Å². The molecule has 84 valence electrons. The summed E-state index contributed by atoms with van der Waals surface area (Å²) in [4.78, 5) is 0. The largest absolute Gasteiger partial charge is 0.381 e. The van der Waals surface area contributed by atoms with E-state index in [4.69, 9.17) is 5.11 Å². The first-order valence-corrected chi connectivity index (χ1v) is 6.43. The Morgan fingerprint density at radius 2 is 1.87 bits per heavy atom. The minimum Gasteiger partial charge on any atom is -0.381 e. The Labute approximate surface area is 89.9 Å². The summed E-state index contributed by atoms with van der Waals surface area (Å²) in [6.45, 7) is 1.62. The van der Waals surface area contributed by atoms with Crippen molar-refractivity contribution < 1.29 is 13.5 Å². The molecular formula is C10H15NO3S. The fourth-order valence-electron chi connectivity index (χ4n) is 1.19. The van der Waals surface area contributed by atoms with Crippen LogP contribution in [0.25, 0.3) is 0 Å². The van der Waals surface area contributed by atoms with Crippen LogP contribution >= 0.6 is 0 Å². The van der Waals surface area contributed by atoms with E-state index in [1.54, 1.807) is 12.1 Å². The zero-order chi connectivity index (χ0) is 11.3. The number of hydrogen-bond donors (Lipinski definition) is 2. The van der Waals surface area contributed by atoms with Gasteiger partial charge in [0.05, 0.1) is 12.5 Å². The molecule has 1 aromatic rings. The predicted octanol–water partition coefficient (Wildman–Crippen LogP) is 0.407. The van der Waals surface area contributed by atoms with E-state index in [9.17, 15) is 8.42 Å². The number of hydrogen-bond acceptors (Lipinski definition) is 4. The molecule has 0 radical (unpaired) electrons. The van der Waals surface area contributed by atoms with E-state index in [-0.39, 0.29) is 18.4 Å². The fourth-order valence-corrected chi connectivity index (χ4v) is 2.40. The zero-order valence-electron chi connectivity index (χ0n) is 8.60. The molecule has 0 saturated carbocycles. The molecule has 1 rings (SSSR count). The van der Waals surface area contributed by atoms with Crippen molar-refractivity contribution >= 4 is 9.84 Å². The molecule has 5 heteroatoms. The molecule has 15 heavy (non-hydrogen) atoms. The molecule has 0 aliphatic heterocycles. The lowest BCUT2D eigenvalue weighted by Gasteiger charge is -2.04. The fraction of sp³-hybridized carbons (Fsp3) is 0.400. The van der Waals surface area contributed by atoms with Crippen LogP contribution < -0.4 is 5.32 Å². The monoisotopic (exact) mass is 229 g/mol. The van der Waals surface area contributed by atoms with E-state index in [0.29, 0.717) is 0 Å². The highest BCUT2D eigenvalue weighted by Crippen LogP contribution is 2.07. The average Bonchev–Trinajstić information content (AvgIpc) is 2.18. The van der Waals surface area contributed by atoms with Crippen molar-refractivity contribution in [3.8, 4) is 0 Å². The maximum atomic E-state index is 11.5. The van der Waals surface area contributed by atoms with Crippen molar-refractivity contribution in [3.63, 3.8) is 0 Å². The van der Waals surface area contributed by atoms with Crippen molar-refractivity contribution in [3.05, 3.63) is 35.4 Å². The summed E-state index contributed by atoms with van der Waals surface area (Å²) >= 11 is 0. The Morgan fingerprint density at radius 1 is 1.27 bits per heavy atom. The Hall–Kier alpha value is -0.910. The van der Waals surface area contributed by atoms with Crippen LogP contribution in [-0.4, -0.2) is 26.1 Å². The molecule has 0 saturated heterocycles. The highest BCUT2D eigenvalue weighted by molar-refractivity contribution is 7.90. The van der Waals surface area contributed by atoms with Gasteiger partial charge in [-0.05, 0) is 12.5 Å². The third-order valence-corrected chi connectivity index (χ3v) is 3.36. The SMILES string of the molecule is Cc1ccc(CS(=O)(=O)CNCO)cc1. The minimum absolute atomic E-state index is 0.000278. The first kappa shape index (κ1) is 12.2. The van der Waals surface area contributed by atoms with Gasteiger partial charge in [0.1, 0.15) is 5.88 Å². The third kappa shape index (κ3) is 4.42. The van der Waals surface area contributed by atoms with E-state index in [0.717, 1.165) is 11.1 Å². The molecule has 0 heterocycles. The topological polar surface area (TPSA) is 66.4 Å². The average molecular weight is 229 g/mol. The zero-order valence-corrected chi connectivity index (χ0v) is 9.42. The maximum Gasteiger partial charge on any atom is 0.167 e. The second-order valence-electron chi connectivity index (χ2n) is 3.43. The van der Waals surface area contributed by atoms with Crippen LogP contribution in [0.3, 0.4) is 0 Å². The lowest BCUT2D eigenvalue weighted by molar-refractivity contribution is 0.269. The van der Waals surface area contributed by atoms with Crippen molar-refractivity contribution in [1.82, 2.24) is 5.32 Å². The van der Waals surface area contributed by atoms with Gasteiger partial charge in [-0.2, -0.15) is 0 Å². The predicted molar refractivity (Wildman–Crippen MR) is 58.9 cm³/mol. The Kier molecular flexibility index (Phi) is 4.26. The van der Waals surface area contributed by atoms with Gasteiger partial charge in [-0.3, -0.25) is 5.32 Å². The standard InChI is InChI=1S/C10H15NO3S/c1-9-2-4-10(5-3-9)6-15(13,14)8-11-7-12/h2-5,11-12H,6-8H2,1H3. The van der Waals surface area contributed by atoms with Crippen LogP contribution in [-0.2, 0) is 15.6 Å². The number of aliphatic hydroxyl groups excluding tert-OH is 1. The third-order valence-electron chi connectivity index (χ3n) is 1.94. The normalized spacial score (nSPS) is 11.6. The summed E-state index contributed by atoms with van der Waals surface area (Å²) < 4.78 is 22.9. The molecule has 0 fully saturated rings. The number of sulfone groups is 1. The summed E-state index contributed by atoms with van der Waals surface area (Å²) in [5.41, 5.74) is 1.87. The van der Waals surface area contributed by atoms with Gasteiger partial charge in [0, 0.05) is 0 Å². The van der Waals surface area contributed by atoms with Crippen LogP contribution in [0.1, 0.15) is 11.1 Å². The highest BCUT2D eigenvalue weighted by atomic mass is 32.2. The smallest absolute Gasteiger partial charge is 0.167 e. The van der Waals surface area contributed by atoms with E-state index < -0.39 is 9.84 Å². The van der Waals surface area contributed by atoms with Gasteiger partial charge in [-0.15, -0.1) is 0 Å². The van der Waals surface area contributed by atoms with Crippen LogP contribution in [0.4, 0.5) is 0 Å². The summed E-state index contributed by atoms with van der Waals surface area (Å²) in [7, 11) is -3.18. The summed E-state index contributed by atoms with van der Waals surface area (Å²) in [5.74, 6) is -0.197. The Bertz CT molecular complexity index is 397. The number of rotatable bonds is 5. The summed E-state index contributed by atoms with van der Waals surface area (Å²) in [5, 5.41) is 10.8. The molecule has 1 aromatic carbocycles. The van der Waals surface area contributed by atoms with E-state index in [2.05, 4.69) is 5.32 Å². The first-order chi connectivity index (χ1) is 7.03. The summed E-state index contributed by atoms with van der Waals surface area (Å²) in [6, 6.07) is 7.35. The van der Waals surface area contributed by atoms with Gasteiger partial charge >= 0.3 is 0 Å². The number of aryl methyl sites for hydroxylation is 1. The highest BCUT2D eigenvalue weighted by Gasteiger charge is 2.10. The first-order valence-electron chi connectivity index (χ1n) is 4.61. The Morgan fingerprint density at radius 3 is 2.40 bits per heavy atom. The lowest BCUT2D eigenvalue weighted by Crippen LogP contribution is -2.24. The Balaban J connectivity index is 2.65. The van der Waals surface area contributed by atoms with E-state index >= 15 is 0 Å². The van der Waals surface area contributed by atoms with Gasteiger partial charge in [-0.25, -0.2) is 8.42 Å². The van der Waals surface area contributed by atoms with Crippen molar-refractivity contribution in [1.29, 1.82) is 0 Å². The molecular weight excluding hydrogens is 214 g/mol. The van der Waals surface area contributed by atoms with Crippen LogP contribution in [0.2, 0.25) is 0 Å². The van der Waals surface area contributed by atoms with Crippen LogP contribution in [0, 0.1) is 6.92 Å². The van der Waals surface area contributed by atoms with Gasteiger partial charge in [0.15, 0.2) is 9.84 Å². The van der Waals surface area contributed by atoms with Crippen molar-refractivity contribution in [2.75, 3.05) is 12.6 Å². The van der Waals surface area contributed by atoms with E-state index in [1.165, 1.54) is 0 Å². The van der Waals surface area contributed by atoms with Gasteiger partial charge in [0.25, 0.3) is 0 Å². The maximum absolute atomic E-state index is 11.5.